The zero-order valence-corrected chi connectivity index (χ0v) is 13.5. The van der Waals surface area contributed by atoms with Gasteiger partial charge in [0.2, 0.25) is 0 Å². The van der Waals surface area contributed by atoms with Crippen molar-refractivity contribution in [1.82, 2.24) is 4.90 Å². The molecule has 1 amide bonds. The standard InChI is InChI=1S/C16H25NO4/c1-11(2)14-13(6-7-20-14)15(18)17-8-12(9-19-5)21-16(3,4)10-17/h6-7,11-12H,8-10H2,1-5H3. The fourth-order valence-corrected chi connectivity index (χ4v) is 2.84. The third-order valence-corrected chi connectivity index (χ3v) is 3.57. The molecule has 1 fully saturated rings. The van der Waals surface area contributed by atoms with Crippen molar-refractivity contribution >= 4 is 5.91 Å². The average molecular weight is 295 g/mol. The number of methoxy groups -OCH3 is 1. The fourth-order valence-electron chi connectivity index (χ4n) is 2.84. The van der Waals surface area contributed by atoms with Crippen LogP contribution in [-0.4, -0.2) is 49.3 Å². The van der Waals surface area contributed by atoms with E-state index in [0.717, 1.165) is 5.76 Å². The normalized spacial score (nSPS) is 21.8. The minimum Gasteiger partial charge on any atom is -0.468 e. The predicted molar refractivity (Wildman–Crippen MR) is 79.5 cm³/mol. The van der Waals surface area contributed by atoms with Gasteiger partial charge in [-0.3, -0.25) is 4.79 Å². The van der Waals surface area contributed by atoms with Crippen LogP contribution in [0.1, 0.15) is 49.7 Å². The third kappa shape index (κ3) is 3.66. The van der Waals surface area contributed by atoms with Gasteiger partial charge in [-0.25, -0.2) is 0 Å². The molecule has 1 aliphatic rings. The van der Waals surface area contributed by atoms with E-state index in [1.54, 1.807) is 19.4 Å². The summed E-state index contributed by atoms with van der Waals surface area (Å²) < 4.78 is 16.6. The van der Waals surface area contributed by atoms with E-state index in [-0.39, 0.29) is 23.5 Å². The lowest BCUT2D eigenvalue weighted by Gasteiger charge is -2.42. The number of nitrogens with zero attached hydrogens (tertiary/aromatic N) is 1. The molecule has 0 radical (unpaired) electrons. The Bertz CT molecular complexity index is 492. The van der Waals surface area contributed by atoms with E-state index in [1.807, 2.05) is 32.6 Å². The van der Waals surface area contributed by atoms with Gasteiger partial charge in [0.15, 0.2) is 0 Å². The number of ether oxygens (including phenoxy) is 2. The maximum absolute atomic E-state index is 12.8. The molecule has 1 unspecified atom stereocenters. The first-order valence-electron chi connectivity index (χ1n) is 7.37. The highest BCUT2D eigenvalue weighted by atomic mass is 16.5. The van der Waals surface area contributed by atoms with Crippen molar-refractivity contribution in [2.45, 2.75) is 45.3 Å². The first kappa shape index (κ1) is 16.0. The Balaban J connectivity index is 2.19. The van der Waals surface area contributed by atoms with Gasteiger partial charge in [-0.2, -0.15) is 0 Å². The minimum atomic E-state index is -0.376. The Kier molecular flexibility index (Phi) is 4.74. The number of rotatable bonds is 4. The van der Waals surface area contributed by atoms with Crippen LogP contribution in [0, 0.1) is 0 Å². The zero-order chi connectivity index (χ0) is 15.6. The molecule has 2 rings (SSSR count). The lowest BCUT2D eigenvalue weighted by molar-refractivity contribution is -0.143. The average Bonchev–Trinajstić information content (AvgIpc) is 2.85. The van der Waals surface area contributed by atoms with Crippen LogP contribution in [0.2, 0.25) is 0 Å². The Hall–Kier alpha value is -1.33. The molecular weight excluding hydrogens is 270 g/mol. The molecule has 5 heteroatoms. The van der Waals surface area contributed by atoms with Crippen molar-refractivity contribution < 1.29 is 18.7 Å². The van der Waals surface area contributed by atoms with Gasteiger partial charge in [-0.05, 0) is 19.9 Å². The van der Waals surface area contributed by atoms with Crippen LogP contribution in [0.25, 0.3) is 0 Å². The molecule has 118 valence electrons. The summed E-state index contributed by atoms with van der Waals surface area (Å²) in [7, 11) is 1.64. The molecule has 0 aliphatic carbocycles. The number of hydrogen-bond donors (Lipinski definition) is 0. The molecule has 0 aromatic carbocycles. The van der Waals surface area contributed by atoms with Gasteiger partial charge in [0, 0.05) is 26.1 Å². The smallest absolute Gasteiger partial charge is 0.257 e. The summed E-state index contributed by atoms with van der Waals surface area (Å²) in [6.07, 6.45) is 1.48. The number of hydrogen-bond acceptors (Lipinski definition) is 4. The van der Waals surface area contributed by atoms with Gasteiger partial charge in [0.05, 0.1) is 30.1 Å². The summed E-state index contributed by atoms with van der Waals surface area (Å²) in [6, 6.07) is 1.76. The van der Waals surface area contributed by atoms with Crippen LogP contribution < -0.4 is 0 Å². The van der Waals surface area contributed by atoms with Crippen molar-refractivity contribution in [3.63, 3.8) is 0 Å². The highest BCUT2D eigenvalue weighted by molar-refractivity contribution is 5.95. The lowest BCUT2D eigenvalue weighted by atomic mass is 10.0. The fraction of sp³-hybridized carbons (Fsp3) is 0.688. The van der Waals surface area contributed by atoms with E-state index < -0.39 is 0 Å². The SMILES string of the molecule is COCC1CN(C(=O)c2ccoc2C(C)C)CC(C)(C)O1. The number of amides is 1. The summed E-state index contributed by atoms with van der Waals surface area (Å²) in [5, 5.41) is 0. The Morgan fingerprint density at radius 1 is 1.52 bits per heavy atom. The maximum atomic E-state index is 12.8. The van der Waals surface area contributed by atoms with Crippen molar-refractivity contribution in [2.24, 2.45) is 0 Å². The molecule has 0 N–H and O–H groups in total. The van der Waals surface area contributed by atoms with Crippen LogP contribution in [-0.2, 0) is 9.47 Å². The molecule has 1 saturated heterocycles. The number of carbonyl (C=O) groups excluding carboxylic acids is 1. The number of furan rings is 1. The number of carbonyl (C=O) groups is 1. The Morgan fingerprint density at radius 2 is 2.24 bits per heavy atom. The molecule has 0 bridgehead atoms. The van der Waals surface area contributed by atoms with E-state index in [1.165, 1.54) is 0 Å². The van der Waals surface area contributed by atoms with Crippen LogP contribution in [0.5, 0.6) is 0 Å². The van der Waals surface area contributed by atoms with Crippen molar-refractivity contribution in [3.8, 4) is 0 Å². The van der Waals surface area contributed by atoms with Crippen LogP contribution >= 0.6 is 0 Å². The second-order valence-electron chi connectivity index (χ2n) is 6.49. The van der Waals surface area contributed by atoms with Crippen LogP contribution in [0.4, 0.5) is 0 Å². The second-order valence-corrected chi connectivity index (χ2v) is 6.49. The minimum absolute atomic E-state index is 0.00456. The molecule has 0 spiro atoms. The van der Waals surface area contributed by atoms with E-state index in [4.69, 9.17) is 13.9 Å². The predicted octanol–water partition coefficient (Wildman–Crippen LogP) is 2.67. The molecule has 0 saturated carbocycles. The molecule has 1 atom stereocenters. The highest BCUT2D eigenvalue weighted by Gasteiger charge is 2.36. The van der Waals surface area contributed by atoms with Gasteiger partial charge >= 0.3 is 0 Å². The lowest BCUT2D eigenvalue weighted by Crippen LogP contribution is -2.55. The Morgan fingerprint density at radius 3 is 2.86 bits per heavy atom. The van der Waals surface area contributed by atoms with E-state index in [2.05, 4.69) is 0 Å². The molecular formula is C16H25NO4. The first-order valence-corrected chi connectivity index (χ1v) is 7.37. The highest BCUT2D eigenvalue weighted by Crippen LogP contribution is 2.26. The monoisotopic (exact) mass is 295 g/mol. The van der Waals surface area contributed by atoms with Crippen LogP contribution in [0.15, 0.2) is 16.7 Å². The molecule has 2 heterocycles. The summed E-state index contributed by atoms with van der Waals surface area (Å²) in [4.78, 5) is 14.6. The quantitative estimate of drug-likeness (QED) is 0.857. The second kappa shape index (κ2) is 6.20. The summed E-state index contributed by atoms with van der Waals surface area (Å²) in [5.41, 5.74) is 0.276. The maximum Gasteiger partial charge on any atom is 0.257 e. The molecule has 5 nitrogen and oxygen atoms in total. The molecule has 1 aromatic rings. The van der Waals surface area contributed by atoms with E-state index >= 15 is 0 Å². The molecule has 1 aliphatic heterocycles. The van der Waals surface area contributed by atoms with Gasteiger partial charge in [-0.15, -0.1) is 0 Å². The van der Waals surface area contributed by atoms with Gasteiger partial charge in [0.1, 0.15) is 5.76 Å². The molecule has 1 aromatic heterocycles. The summed E-state index contributed by atoms with van der Waals surface area (Å²) in [6.45, 7) is 9.62. The van der Waals surface area contributed by atoms with Crippen molar-refractivity contribution in [1.29, 1.82) is 0 Å². The van der Waals surface area contributed by atoms with E-state index in [9.17, 15) is 4.79 Å². The third-order valence-electron chi connectivity index (χ3n) is 3.57. The van der Waals surface area contributed by atoms with Gasteiger partial charge in [0.25, 0.3) is 5.91 Å². The van der Waals surface area contributed by atoms with Gasteiger partial charge in [-0.1, -0.05) is 13.8 Å². The van der Waals surface area contributed by atoms with Gasteiger partial charge < -0.3 is 18.8 Å². The van der Waals surface area contributed by atoms with Crippen molar-refractivity contribution in [2.75, 3.05) is 26.8 Å². The topological polar surface area (TPSA) is 51.9 Å². The zero-order valence-electron chi connectivity index (χ0n) is 13.5. The largest absolute Gasteiger partial charge is 0.468 e. The van der Waals surface area contributed by atoms with E-state index in [0.29, 0.717) is 25.3 Å². The summed E-state index contributed by atoms with van der Waals surface area (Å²) >= 11 is 0. The van der Waals surface area contributed by atoms with Crippen molar-refractivity contribution in [3.05, 3.63) is 23.7 Å². The molecule has 21 heavy (non-hydrogen) atoms. The number of morpholine rings is 1. The Labute approximate surface area is 126 Å². The van der Waals surface area contributed by atoms with Crippen LogP contribution in [0.3, 0.4) is 0 Å². The summed E-state index contributed by atoms with van der Waals surface area (Å²) in [5.74, 6) is 0.931. The first-order chi connectivity index (χ1) is 9.84.